The SMILES string of the molecule is CCCC(c1ccccc1)N1CCCCCC1. The average molecular weight is 231 g/mol. The van der Waals surface area contributed by atoms with Gasteiger partial charge in [0.15, 0.2) is 0 Å². The average Bonchev–Trinajstić information content (AvgIpc) is 2.66. The van der Waals surface area contributed by atoms with E-state index in [2.05, 4.69) is 42.2 Å². The van der Waals surface area contributed by atoms with Gasteiger partial charge in [0.1, 0.15) is 0 Å². The van der Waals surface area contributed by atoms with E-state index in [0.717, 1.165) is 0 Å². The maximum absolute atomic E-state index is 2.71. The number of rotatable bonds is 4. The fourth-order valence-corrected chi connectivity index (χ4v) is 2.92. The monoisotopic (exact) mass is 231 g/mol. The van der Waals surface area contributed by atoms with Crippen molar-refractivity contribution in [2.24, 2.45) is 0 Å². The van der Waals surface area contributed by atoms with Gasteiger partial charge in [-0.1, -0.05) is 56.5 Å². The van der Waals surface area contributed by atoms with E-state index < -0.39 is 0 Å². The van der Waals surface area contributed by atoms with E-state index in [4.69, 9.17) is 0 Å². The zero-order valence-electron chi connectivity index (χ0n) is 11.1. The van der Waals surface area contributed by atoms with Crippen molar-refractivity contribution in [3.05, 3.63) is 35.9 Å². The van der Waals surface area contributed by atoms with Crippen LogP contribution in [-0.2, 0) is 0 Å². The fraction of sp³-hybridized carbons (Fsp3) is 0.625. The zero-order chi connectivity index (χ0) is 11.9. The molecule has 0 radical (unpaired) electrons. The van der Waals surface area contributed by atoms with Gasteiger partial charge in [-0.15, -0.1) is 0 Å². The molecular weight excluding hydrogens is 206 g/mol. The molecule has 1 aromatic carbocycles. The Balaban J connectivity index is 2.10. The lowest BCUT2D eigenvalue weighted by Gasteiger charge is -2.31. The van der Waals surface area contributed by atoms with Crippen LogP contribution in [0, 0.1) is 0 Å². The first-order chi connectivity index (χ1) is 8.42. The van der Waals surface area contributed by atoms with Crippen LogP contribution in [0.3, 0.4) is 0 Å². The number of nitrogens with zero attached hydrogens (tertiary/aromatic N) is 1. The molecule has 1 nitrogen and oxygen atoms in total. The second-order valence-corrected chi connectivity index (χ2v) is 5.17. The van der Waals surface area contributed by atoms with Crippen molar-refractivity contribution in [1.29, 1.82) is 0 Å². The van der Waals surface area contributed by atoms with Gasteiger partial charge in [0.25, 0.3) is 0 Å². The second kappa shape index (κ2) is 6.80. The molecule has 0 aliphatic carbocycles. The van der Waals surface area contributed by atoms with Crippen molar-refractivity contribution in [3.63, 3.8) is 0 Å². The molecule has 0 N–H and O–H groups in total. The summed E-state index contributed by atoms with van der Waals surface area (Å²) >= 11 is 0. The first kappa shape index (κ1) is 12.6. The molecule has 1 aliphatic heterocycles. The molecule has 1 heteroatoms. The van der Waals surface area contributed by atoms with Crippen molar-refractivity contribution in [1.82, 2.24) is 4.90 Å². The van der Waals surface area contributed by atoms with Gasteiger partial charge in [0.05, 0.1) is 0 Å². The first-order valence-electron chi connectivity index (χ1n) is 7.21. The van der Waals surface area contributed by atoms with Gasteiger partial charge in [-0.25, -0.2) is 0 Å². The summed E-state index contributed by atoms with van der Waals surface area (Å²) in [6.45, 7) is 4.88. The molecule has 1 fully saturated rings. The normalized spacial score (nSPS) is 19.8. The van der Waals surface area contributed by atoms with E-state index in [-0.39, 0.29) is 0 Å². The molecular formula is C16H25N. The maximum atomic E-state index is 2.71. The molecule has 17 heavy (non-hydrogen) atoms. The molecule has 1 saturated heterocycles. The molecule has 0 amide bonds. The van der Waals surface area contributed by atoms with Crippen LogP contribution in [0.2, 0.25) is 0 Å². The lowest BCUT2D eigenvalue weighted by atomic mass is 10.0. The Morgan fingerprint density at radius 1 is 1.00 bits per heavy atom. The van der Waals surface area contributed by atoms with Crippen LogP contribution < -0.4 is 0 Å². The molecule has 1 heterocycles. The number of hydrogen-bond acceptors (Lipinski definition) is 1. The highest BCUT2D eigenvalue weighted by Crippen LogP contribution is 2.27. The largest absolute Gasteiger partial charge is 0.296 e. The molecule has 2 rings (SSSR count). The van der Waals surface area contributed by atoms with E-state index in [0.29, 0.717) is 6.04 Å². The molecule has 94 valence electrons. The Morgan fingerprint density at radius 3 is 2.24 bits per heavy atom. The summed E-state index contributed by atoms with van der Waals surface area (Å²) in [7, 11) is 0. The summed E-state index contributed by atoms with van der Waals surface area (Å²) in [6.07, 6.45) is 8.18. The van der Waals surface area contributed by atoms with Crippen molar-refractivity contribution in [2.75, 3.05) is 13.1 Å². The highest BCUT2D eigenvalue weighted by atomic mass is 15.2. The van der Waals surface area contributed by atoms with Gasteiger partial charge >= 0.3 is 0 Å². The predicted octanol–water partition coefficient (Wildman–Crippen LogP) is 4.40. The highest BCUT2D eigenvalue weighted by Gasteiger charge is 2.20. The quantitative estimate of drug-likeness (QED) is 0.742. The fourth-order valence-electron chi connectivity index (χ4n) is 2.92. The van der Waals surface area contributed by atoms with Gasteiger partial charge in [-0.05, 0) is 37.9 Å². The minimum Gasteiger partial charge on any atom is -0.296 e. The third kappa shape index (κ3) is 3.57. The highest BCUT2D eigenvalue weighted by molar-refractivity contribution is 5.19. The van der Waals surface area contributed by atoms with Crippen LogP contribution in [-0.4, -0.2) is 18.0 Å². The summed E-state index contributed by atoms with van der Waals surface area (Å²) in [4.78, 5) is 2.71. The summed E-state index contributed by atoms with van der Waals surface area (Å²) in [5, 5.41) is 0. The Hall–Kier alpha value is -0.820. The molecule has 1 aromatic rings. The zero-order valence-corrected chi connectivity index (χ0v) is 11.1. The van der Waals surface area contributed by atoms with E-state index in [1.165, 1.54) is 57.2 Å². The van der Waals surface area contributed by atoms with Gasteiger partial charge in [0, 0.05) is 6.04 Å². The van der Waals surface area contributed by atoms with E-state index >= 15 is 0 Å². The topological polar surface area (TPSA) is 3.24 Å². The first-order valence-corrected chi connectivity index (χ1v) is 7.21. The van der Waals surface area contributed by atoms with Crippen molar-refractivity contribution >= 4 is 0 Å². The standard InChI is InChI=1S/C16H25N/c1-2-10-16(15-11-6-5-7-12-15)17-13-8-3-4-9-14-17/h5-7,11-12,16H,2-4,8-10,13-14H2,1H3. The second-order valence-electron chi connectivity index (χ2n) is 5.17. The Bertz CT molecular complexity index is 299. The molecule has 0 aromatic heterocycles. The minimum atomic E-state index is 0.652. The smallest absolute Gasteiger partial charge is 0.0348 e. The summed E-state index contributed by atoms with van der Waals surface area (Å²) in [5.74, 6) is 0. The molecule has 1 atom stereocenters. The van der Waals surface area contributed by atoms with Gasteiger partial charge < -0.3 is 0 Å². The van der Waals surface area contributed by atoms with Crippen LogP contribution in [0.1, 0.15) is 57.1 Å². The summed E-state index contributed by atoms with van der Waals surface area (Å²) < 4.78 is 0. The maximum Gasteiger partial charge on any atom is 0.0348 e. The Morgan fingerprint density at radius 2 is 1.65 bits per heavy atom. The Kier molecular flexibility index (Phi) is 5.06. The third-order valence-electron chi connectivity index (χ3n) is 3.83. The molecule has 0 bridgehead atoms. The number of hydrogen-bond donors (Lipinski definition) is 0. The van der Waals surface area contributed by atoms with Crippen molar-refractivity contribution in [2.45, 2.75) is 51.5 Å². The van der Waals surface area contributed by atoms with Crippen molar-refractivity contribution in [3.8, 4) is 0 Å². The summed E-state index contributed by atoms with van der Waals surface area (Å²) in [6, 6.07) is 11.7. The van der Waals surface area contributed by atoms with Gasteiger partial charge in [-0.3, -0.25) is 4.90 Å². The number of benzene rings is 1. The molecule has 0 spiro atoms. The van der Waals surface area contributed by atoms with Crippen LogP contribution >= 0.6 is 0 Å². The molecule has 0 saturated carbocycles. The molecule has 1 aliphatic rings. The minimum absolute atomic E-state index is 0.652. The third-order valence-corrected chi connectivity index (χ3v) is 3.83. The van der Waals surface area contributed by atoms with Gasteiger partial charge in [-0.2, -0.15) is 0 Å². The molecule has 1 unspecified atom stereocenters. The van der Waals surface area contributed by atoms with Crippen LogP contribution in [0.4, 0.5) is 0 Å². The van der Waals surface area contributed by atoms with E-state index in [1.807, 2.05) is 0 Å². The lowest BCUT2D eigenvalue weighted by Crippen LogP contribution is -2.29. The predicted molar refractivity (Wildman–Crippen MR) is 74.1 cm³/mol. The van der Waals surface area contributed by atoms with Crippen LogP contribution in [0.5, 0.6) is 0 Å². The van der Waals surface area contributed by atoms with Crippen LogP contribution in [0.25, 0.3) is 0 Å². The summed E-state index contributed by atoms with van der Waals surface area (Å²) in [5.41, 5.74) is 1.51. The lowest BCUT2D eigenvalue weighted by molar-refractivity contribution is 0.194. The van der Waals surface area contributed by atoms with E-state index in [9.17, 15) is 0 Å². The van der Waals surface area contributed by atoms with Crippen molar-refractivity contribution < 1.29 is 0 Å². The number of likely N-dealkylation sites (tertiary alicyclic amines) is 1. The Labute approximate surface area is 106 Å². The van der Waals surface area contributed by atoms with E-state index in [1.54, 1.807) is 0 Å². The van der Waals surface area contributed by atoms with Gasteiger partial charge in [0.2, 0.25) is 0 Å². The van der Waals surface area contributed by atoms with Crippen LogP contribution in [0.15, 0.2) is 30.3 Å².